The van der Waals surface area contributed by atoms with Crippen LogP contribution >= 0.6 is 23.2 Å². The zero-order chi connectivity index (χ0) is 13.1. The first-order valence-corrected chi connectivity index (χ1v) is 5.77. The van der Waals surface area contributed by atoms with Gasteiger partial charge in [0.05, 0.1) is 22.4 Å². The summed E-state index contributed by atoms with van der Waals surface area (Å²) in [6, 6.07) is 2.85. The summed E-state index contributed by atoms with van der Waals surface area (Å²) in [5.74, 6) is 0.471. The Morgan fingerprint density at radius 1 is 1.11 bits per heavy atom. The van der Waals surface area contributed by atoms with Gasteiger partial charge in [0.25, 0.3) is 0 Å². The fraction of sp³-hybridized carbons (Fsp3) is 0.0909. The molecular formula is C11H9Cl2FN4. The Morgan fingerprint density at radius 3 is 2.33 bits per heavy atom. The lowest BCUT2D eigenvalue weighted by atomic mass is 10.3. The Bertz CT molecular complexity index is 554. The van der Waals surface area contributed by atoms with Gasteiger partial charge in [-0.1, -0.05) is 23.2 Å². The van der Waals surface area contributed by atoms with Gasteiger partial charge in [-0.05, 0) is 12.1 Å². The number of hydrogen-bond acceptors (Lipinski definition) is 4. The van der Waals surface area contributed by atoms with Crippen molar-refractivity contribution in [2.75, 3.05) is 17.7 Å². The normalized spacial score (nSPS) is 10.2. The summed E-state index contributed by atoms with van der Waals surface area (Å²) in [4.78, 5) is 8.19. The van der Waals surface area contributed by atoms with Gasteiger partial charge in [-0.15, -0.1) is 0 Å². The second-order valence-corrected chi connectivity index (χ2v) is 4.23. The van der Waals surface area contributed by atoms with Gasteiger partial charge < -0.3 is 10.6 Å². The third-order valence-electron chi connectivity index (χ3n) is 2.15. The molecule has 0 atom stereocenters. The second-order valence-electron chi connectivity index (χ2n) is 3.42. The number of benzene rings is 1. The van der Waals surface area contributed by atoms with E-state index in [2.05, 4.69) is 20.6 Å². The molecule has 4 nitrogen and oxygen atoms in total. The van der Waals surface area contributed by atoms with Crippen molar-refractivity contribution in [2.45, 2.75) is 0 Å². The zero-order valence-corrected chi connectivity index (χ0v) is 10.8. The highest BCUT2D eigenvalue weighted by molar-refractivity contribution is 6.35. The Hall–Kier alpha value is -1.59. The van der Waals surface area contributed by atoms with Crippen molar-refractivity contribution in [3.63, 3.8) is 0 Å². The molecule has 0 aliphatic heterocycles. The van der Waals surface area contributed by atoms with Gasteiger partial charge in [0, 0.05) is 12.7 Å². The van der Waals surface area contributed by atoms with Crippen LogP contribution in [0.2, 0.25) is 10.0 Å². The molecule has 2 rings (SSSR count). The highest BCUT2D eigenvalue weighted by Crippen LogP contribution is 2.28. The molecule has 0 aliphatic rings. The average molecular weight is 287 g/mol. The van der Waals surface area contributed by atoms with E-state index in [4.69, 9.17) is 23.2 Å². The van der Waals surface area contributed by atoms with Crippen LogP contribution in [0.3, 0.4) is 0 Å². The van der Waals surface area contributed by atoms with Crippen LogP contribution in [0.25, 0.3) is 0 Å². The van der Waals surface area contributed by atoms with E-state index in [0.29, 0.717) is 17.3 Å². The number of anilines is 3. The number of nitrogens with zero attached hydrogens (tertiary/aromatic N) is 2. The molecule has 0 spiro atoms. The summed E-state index contributed by atoms with van der Waals surface area (Å²) in [5, 5.41) is 5.69. The molecule has 7 heteroatoms. The maximum absolute atomic E-state index is 13.2. The van der Waals surface area contributed by atoms with E-state index < -0.39 is 5.82 Å². The smallest absolute Gasteiger partial charge is 0.160 e. The van der Waals surface area contributed by atoms with Gasteiger partial charge in [-0.2, -0.15) is 0 Å². The Balaban J connectivity index is 2.28. The van der Waals surface area contributed by atoms with Crippen LogP contribution in [0.4, 0.5) is 21.7 Å². The lowest BCUT2D eigenvalue weighted by Gasteiger charge is -2.08. The van der Waals surface area contributed by atoms with Crippen molar-refractivity contribution >= 4 is 40.5 Å². The molecule has 1 heterocycles. The minimum atomic E-state index is -0.640. The molecule has 0 aliphatic carbocycles. The van der Waals surface area contributed by atoms with Gasteiger partial charge in [0.15, 0.2) is 11.6 Å². The summed E-state index contributed by atoms with van der Waals surface area (Å²) in [5.41, 5.74) is 0.536. The predicted octanol–water partition coefficient (Wildman–Crippen LogP) is 3.71. The molecule has 94 valence electrons. The van der Waals surface area contributed by atoms with Crippen LogP contribution in [0, 0.1) is 5.82 Å². The first-order chi connectivity index (χ1) is 8.60. The number of aromatic nitrogens is 2. The number of nitrogens with one attached hydrogen (secondary N) is 2. The predicted molar refractivity (Wildman–Crippen MR) is 71.3 cm³/mol. The molecule has 1 aromatic carbocycles. The van der Waals surface area contributed by atoms with Crippen molar-refractivity contribution in [1.82, 2.24) is 9.97 Å². The van der Waals surface area contributed by atoms with E-state index in [9.17, 15) is 4.39 Å². The van der Waals surface area contributed by atoms with Gasteiger partial charge >= 0.3 is 0 Å². The van der Waals surface area contributed by atoms with Gasteiger partial charge in [-0.25, -0.2) is 9.37 Å². The SMILES string of the molecule is CNc1cncc(Nc2cc(Cl)c(F)c(Cl)c2)n1. The molecule has 2 N–H and O–H groups in total. The van der Waals surface area contributed by atoms with Crippen LogP contribution in [-0.4, -0.2) is 17.0 Å². The molecule has 18 heavy (non-hydrogen) atoms. The van der Waals surface area contributed by atoms with Crippen molar-refractivity contribution < 1.29 is 4.39 Å². The molecule has 0 saturated heterocycles. The number of hydrogen-bond donors (Lipinski definition) is 2. The highest BCUT2D eigenvalue weighted by atomic mass is 35.5. The summed E-state index contributed by atoms with van der Waals surface area (Å²) < 4.78 is 13.2. The lowest BCUT2D eigenvalue weighted by Crippen LogP contribution is -1.99. The molecule has 1 aromatic heterocycles. The fourth-order valence-corrected chi connectivity index (χ4v) is 1.81. The van der Waals surface area contributed by atoms with E-state index in [1.165, 1.54) is 18.3 Å². The first kappa shape index (κ1) is 12.9. The van der Waals surface area contributed by atoms with Crippen LogP contribution < -0.4 is 10.6 Å². The van der Waals surface area contributed by atoms with E-state index in [-0.39, 0.29) is 10.0 Å². The Labute approximate surface area is 113 Å². The standard InChI is InChI=1S/C11H9Cl2FN4/c1-15-9-4-16-5-10(18-9)17-6-2-7(12)11(14)8(13)3-6/h2-5H,1H3,(H2,15,17,18). The molecule has 0 amide bonds. The summed E-state index contributed by atoms with van der Waals surface area (Å²) in [6.45, 7) is 0. The second kappa shape index (κ2) is 5.37. The van der Waals surface area contributed by atoms with Crippen molar-refractivity contribution in [1.29, 1.82) is 0 Å². The maximum Gasteiger partial charge on any atom is 0.160 e. The average Bonchev–Trinajstić information content (AvgIpc) is 2.36. The largest absolute Gasteiger partial charge is 0.372 e. The van der Waals surface area contributed by atoms with Crippen LogP contribution in [0.5, 0.6) is 0 Å². The van der Waals surface area contributed by atoms with Gasteiger partial charge in [0.1, 0.15) is 5.82 Å². The van der Waals surface area contributed by atoms with Crippen LogP contribution in [0.1, 0.15) is 0 Å². The lowest BCUT2D eigenvalue weighted by molar-refractivity contribution is 0.629. The molecule has 0 saturated carbocycles. The zero-order valence-electron chi connectivity index (χ0n) is 9.34. The molecule has 2 aromatic rings. The molecule has 0 radical (unpaired) electrons. The topological polar surface area (TPSA) is 49.8 Å². The van der Waals surface area contributed by atoms with E-state index in [0.717, 1.165) is 0 Å². The molecule has 0 fully saturated rings. The van der Waals surface area contributed by atoms with Gasteiger partial charge in [-0.3, -0.25) is 4.98 Å². The maximum atomic E-state index is 13.2. The van der Waals surface area contributed by atoms with Crippen molar-refractivity contribution in [3.8, 4) is 0 Å². The number of rotatable bonds is 3. The third-order valence-corrected chi connectivity index (χ3v) is 2.70. The van der Waals surface area contributed by atoms with Crippen LogP contribution in [0.15, 0.2) is 24.5 Å². The summed E-state index contributed by atoms with van der Waals surface area (Å²) >= 11 is 11.4. The minimum absolute atomic E-state index is 0.0530. The van der Waals surface area contributed by atoms with Crippen molar-refractivity contribution in [3.05, 3.63) is 40.4 Å². The Morgan fingerprint density at radius 2 is 1.72 bits per heavy atom. The van der Waals surface area contributed by atoms with E-state index in [1.807, 2.05) is 0 Å². The third kappa shape index (κ3) is 2.80. The summed E-state index contributed by atoms with van der Waals surface area (Å²) in [6.07, 6.45) is 3.11. The fourth-order valence-electron chi connectivity index (χ4n) is 1.32. The number of halogens is 3. The quantitative estimate of drug-likeness (QED) is 0.845. The minimum Gasteiger partial charge on any atom is -0.372 e. The summed E-state index contributed by atoms with van der Waals surface area (Å²) in [7, 11) is 1.74. The first-order valence-electron chi connectivity index (χ1n) is 5.01. The highest BCUT2D eigenvalue weighted by Gasteiger charge is 2.08. The molecule has 0 unspecified atom stereocenters. The van der Waals surface area contributed by atoms with E-state index in [1.54, 1.807) is 13.2 Å². The van der Waals surface area contributed by atoms with Gasteiger partial charge in [0.2, 0.25) is 0 Å². The molecule has 0 bridgehead atoms. The molecular weight excluding hydrogens is 278 g/mol. The van der Waals surface area contributed by atoms with Crippen LogP contribution in [-0.2, 0) is 0 Å². The Kier molecular flexibility index (Phi) is 3.84. The monoisotopic (exact) mass is 286 g/mol. The van der Waals surface area contributed by atoms with Crippen molar-refractivity contribution in [2.24, 2.45) is 0 Å². The van der Waals surface area contributed by atoms with E-state index >= 15 is 0 Å².